The maximum atomic E-state index is 12.5. The molecule has 18 heavy (non-hydrogen) atoms. The molecule has 0 aromatic heterocycles. The van der Waals surface area contributed by atoms with E-state index in [-0.39, 0.29) is 11.7 Å². The zero-order chi connectivity index (χ0) is 12.5. The normalized spacial score (nSPS) is 18.4. The second-order valence-corrected chi connectivity index (χ2v) is 4.78. The van der Waals surface area contributed by atoms with Gasteiger partial charge in [0.15, 0.2) is 5.78 Å². The van der Waals surface area contributed by atoms with Gasteiger partial charge in [-0.15, -0.1) is 0 Å². The van der Waals surface area contributed by atoms with Gasteiger partial charge in [0.2, 0.25) is 0 Å². The van der Waals surface area contributed by atoms with Crippen molar-refractivity contribution in [2.24, 2.45) is 0 Å². The van der Waals surface area contributed by atoms with Crippen LogP contribution in [0.4, 0.5) is 5.69 Å². The molecule has 2 aromatic carbocycles. The molecule has 1 atom stereocenters. The van der Waals surface area contributed by atoms with Gasteiger partial charge in [-0.1, -0.05) is 36.4 Å². The molecule has 3 rings (SSSR count). The number of benzene rings is 2. The molecule has 0 bridgehead atoms. The van der Waals surface area contributed by atoms with Crippen LogP contribution in [0.15, 0.2) is 48.5 Å². The molecule has 2 N–H and O–H groups in total. The van der Waals surface area contributed by atoms with Gasteiger partial charge in [-0.2, -0.15) is 0 Å². The molecular formula is C16H15NO. The third-order valence-electron chi connectivity index (χ3n) is 3.64. The zero-order valence-electron chi connectivity index (χ0n) is 10.1. The molecule has 0 aliphatic heterocycles. The highest BCUT2D eigenvalue weighted by Gasteiger charge is 2.27. The molecule has 2 aromatic rings. The number of carbonyl (C=O) groups is 1. The molecule has 0 fully saturated rings. The molecule has 0 radical (unpaired) electrons. The average Bonchev–Trinajstić information content (AvgIpc) is 2.41. The average molecular weight is 237 g/mol. The van der Waals surface area contributed by atoms with Crippen LogP contribution in [0.1, 0.15) is 33.8 Å². The molecule has 0 unspecified atom stereocenters. The fraction of sp³-hybridized carbons (Fsp3) is 0.188. The number of anilines is 1. The van der Waals surface area contributed by atoms with Crippen LogP contribution in [0.25, 0.3) is 0 Å². The predicted octanol–water partition coefficient (Wildman–Crippen LogP) is 3.18. The highest BCUT2D eigenvalue weighted by atomic mass is 16.1. The number of aryl methyl sites for hydroxylation is 1. The molecule has 0 spiro atoms. The molecular weight excluding hydrogens is 222 g/mol. The first-order valence-corrected chi connectivity index (χ1v) is 6.23. The first-order chi connectivity index (χ1) is 8.75. The first kappa shape index (κ1) is 11.0. The molecule has 0 saturated carbocycles. The Labute approximate surface area is 106 Å². The Morgan fingerprint density at radius 2 is 1.72 bits per heavy atom. The summed E-state index contributed by atoms with van der Waals surface area (Å²) < 4.78 is 0. The highest BCUT2D eigenvalue weighted by molar-refractivity contribution is 6.03. The number of Topliss-reactive ketones (excluding diaryl/α,β-unsaturated/α-hetero) is 1. The van der Waals surface area contributed by atoms with E-state index in [2.05, 4.69) is 0 Å². The lowest BCUT2D eigenvalue weighted by atomic mass is 9.79. The lowest BCUT2D eigenvalue weighted by Gasteiger charge is -2.23. The van der Waals surface area contributed by atoms with Crippen molar-refractivity contribution in [2.75, 3.05) is 5.73 Å². The van der Waals surface area contributed by atoms with Gasteiger partial charge in [-0.25, -0.2) is 0 Å². The summed E-state index contributed by atoms with van der Waals surface area (Å²) in [5, 5.41) is 0. The summed E-state index contributed by atoms with van der Waals surface area (Å²) in [7, 11) is 0. The number of ketones is 1. The number of fused-ring (bicyclic) bond motifs is 1. The van der Waals surface area contributed by atoms with Crippen LogP contribution in [0.3, 0.4) is 0 Å². The van der Waals surface area contributed by atoms with Gasteiger partial charge in [0.05, 0.1) is 0 Å². The van der Waals surface area contributed by atoms with Crippen LogP contribution in [-0.4, -0.2) is 5.78 Å². The van der Waals surface area contributed by atoms with Crippen molar-refractivity contribution in [3.05, 3.63) is 65.2 Å². The van der Waals surface area contributed by atoms with Gasteiger partial charge in [-0.3, -0.25) is 4.79 Å². The maximum absolute atomic E-state index is 12.5. The number of nitrogens with two attached hydrogens (primary N) is 1. The van der Waals surface area contributed by atoms with Gasteiger partial charge in [-0.05, 0) is 36.1 Å². The maximum Gasteiger partial charge on any atom is 0.170 e. The largest absolute Gasteiger partial charge is 0.399 e. The van der Waals surface area contributed by atoms with Gasteiger partial charge in [0.25, 0.3) is 0 Å². The van der Waals surface area contributed by atoms with Crippen LogP contribution < -0.4 is 5.73 Å². The molecule has 0 heterocycles. The van der Waals surface area contributed by atoms with Gasteiger partial charge >= 0.3 is 0 Å². The number of hydrogen-bond acceptors (Lipinski definition) is 2. The third kappa shape index (κ3) is 1.80. The Hall–Kier alpha value is -2.09. The monoisotopic (exact) mass is 237 g/mol. The van der Waals surface area contributed by atoms with E-state index in [1.165, 1.54) is 5.56 Å². The number of rotatable bonds is 1. The molecule has 2 heteroatoms. The summed E-state index contributed by atoms with van der Waals surface area (Å²) in [5.74, 6) is 0.224. The highest BCUT2D eigenvalue weighted by Crippen LogP contribution is 2.32. The summed E-state index contributed by atoms with van der Waals surface area (Å²) in [4.78, 5) is 12.5. The Bertz CT molecular complexity index is 586. The quantitative estimate of drug-likeness (QED) is 0.774. The summed E-state index contributed by atoms with van der Waals surface area (Å²) in [6.45, 7) is 0. The molecule has 0 amide bonds. The number of nitrogen functional groups attached to an aromatic ring is 1. The van der Waals surface area contributed by atoms with Crippen molar-refractivity contribution >= 4 is 11.5 Å². The van der Waals surface area contributed by atoms with E-state index < -0.39 is 0 Å². The van der Waals surface area contributed by atoms with Crippen LogP contribution in [0.2, 0.25) is 0 Å². The third-order valence-corrected chi connectivity index (χ3v) is 3.64. The Morgan fingerprint density at radius 1 is 1.00 bits per heavy atom. The topological polar surface area (TPSA) is 43.1 Å². The van der Waals surface area contributed by atoms with E-state index in [0.717, 1.165) is 29.7 Å². The molecule has 1 aliphatic rings. The SMILES string of the molecule is Nc1ccc([C@H]2CCc3ccccc3C2=O)cc1. The van der Waals surface area contributed by atoms with Crippen LogP contribution in [0.5, 0.6) is 0 Å². The van der Waals surface area contributed by atoms with Gasteiger partial charge in [0.1, 0.15) is 0 Å². The number of carbonyl (C=O) groups excluding carboxylic acids is 1. The van der Waals surface area contributed by atoms with Crippen molar-refractivity contribution in [1.82, 2.24) is 0 Å². The van der Waals surface area contributed by atoms with E-state index in [9.17, 15) is 4.79 Å². The minimum Gasteiger partial charge on any atom is -0.399 e. The second-order valence-electron chi connectivity index (χ2n) is 4.78. The summed E-state index contributed by atoms with van der Waals surface area (Å²) in [6.07, 6.45) is 1.86. The summed E-state index contributed by atoms with van der Waals surface area (Å²) in [6, 6.07) is 15.6. The lowest BCUT2D eigenvalue weighted by molar-refractivity contribution is 0.0946. The zero-order valence-corrected chi connectivity index (χ0v) is 10.1. The van der Waals surface area contributed by atoms with Crippen LogP contribution in [0, 0.1) is 0 Å². The van der Waals surface area contributed by atoms with E-state index in [1.54, 1.807) is 0 Å². The van der Waals surface area contributed by atoms with E-state index in [0.29, 0.717) is 0 Å². The molecule has 2 nitrogen and oxygen atoms in total. The van der Waals surface area contributed by atoms with Crippen molar-refractivity contribution in [3.8, 4) is 0 Å². The first-order valence-electron chi connectivity index (χ1n) is 6.23. The van der Waals surface area contributed by atoms with Crippen LogP contribution >= 0.6 is 0 Å². The predicted molar refractivity (Wildman–Crippen MR) is 72.7 cm³/mol. The molecule has 0 saturated heterocycles. The van der Waals surface area contributed by atoms with Crippen molar-refractivity contribution < 1.29 is 4.79 Å². The molecule has 1 aliphatic carbocycles. The van der Waals surface area contributed by atoms with E-state index in [4.69, 9.17) is 5.73 Å². The van der Waals surface area contributed by atoms with E-state index in [1.807, 2.05) is 48.5 Å². The standard InChI is InChI=1S/C16H15NO/c17-13-8-5-12(6-9-13)15-10-7-11-3-1-2-4-14(11)16(15)18/h1-6,8-9,15H,7,10,17H2/t15-/m1/s1. The van der Waals surface area contributed by atoms with E-state index >= 15 is 0 Å². The minimum atomic E-state index is -0.0134. The van der Waals surface area contributed by atoms with Gasteiger partial charge in [0, 0.05) is 17.2 Å². The van der Waals surface area contributed by atoms with Crippen molar-refractivity contribution in [1.29, 1.82) is 0 Å². The Balaban J connectivity index is 1.97. The summed E-state index contributed by atoms with van der Waals surface area (Å²) in [5.41, 5.74) is 9.55. The van der Waals surface area contributed by atoms with Crippen molar-refractivity contribution in [3.63, 3.8) is 0 Å². The number of hydrogen-bond donors (Lipinski definition) is 1. The Kier molecular flexibility index (Phi) is 2.63. The van der Waals surface area contributed by atoms with Crippen molar-refractivity contribution in [2.45, 2.75) is 18.8 Å². The Morgan fingerprint density at radius 3 is 2.50 bits per heavy atom. The van der Waals surface area contributed by atoms with Gasteiger partial charge < -0.3 is 5.73 Å². The summed E-state index contributed by atoms with van der Waals surface area (Å²) >= 11 is 0. The fourth-order valence-corrected chi connectivity index (χ4v) is 2.64. The fourth-order valence-electron chi connectivity index (χ4n) is 2.64. The molecule has 90 valence electrons. The van der Waals surface area contributed by atoms with Crippen LogP contribution in [-0.2, 0) is 6.42 Å². The second kappa shape index (κ2) is 4.30. The minimum absolute atomic E-state index is 0.0134. The smallest absolute Gasteiger partial charge is 0.170 e. The lowest BCUT2D eigenvalue weighted by Crippen LogP contribution is -2.20.